The Bertz CT molecular complexity index is 848. The van der Waals surface area contributed by atoms with Crippen molar-refractivity contribution in [1.29, 1.82) is 0 Å². The Morgan fingerprint density at radius 1 is 1.42 bits per heavy atom. The fourth-order valence-corrected chi connectivity index (χ4v) is 3.60. The maximum atomic E-state index is 12.5. The van der Waals surface area contributed by atoms with Crippen molar-refractivity contribution < 1.29 is 18.3 Å². The number of hydrogen-bond donors (Lipinski definition) is 1. The minimum Gasteiger partial charge on any atom is -0.435 e. The highest BCUT2D eigenvalue weighted by Crippen LogP contribution is 2.52. The number of nitrogen functional groups attached to an aromatic ring is 1. The number of rotatable bonds is 3. The van der Waals surface area contributed by atoms with E-state index in [9.17, 15) is 13.6 Å². The molecule has 1 aliphatic heterocycles. The molecule has 1 aliphatic carbocycles. The molecule has 128 valence electrons. The average Bonchev–Trinajstić information content (AvgIpc) is 3.28. The van der Waals surface area contributed by atoms with Crippen LogP contribution in [-0.2, 0) is 4.74 Å². The first-order valence-corrected chi connectivity index (χ1v) is 7.91. The predicted octanol–water partition coefficient (Wildman–Crippen LogP) is 2.46. The van der Waals surface area contributed by atoms with Crippen molar-refractivity contribution in [1.82, 2.24) is 9.55 Å². The van der Waals surface area contributed by atoms with Crippen molar-refractivity contribution in [3.63, 3.8) is 0 Å². The molecule has 1 atom stereocenters. The molecule has 6 nitrogen and oxygen atoms in total. The van der Waals surface area contributed by atoms with Gasteiger partial charge in [0.15, 0.2) is 0 Å². The lowest BCUT2D eigenvalue weighted by molar-refractivity contribution is -0.0500. The SMILES string of the molecule is Nc1nc(=O)n(C2CCCOC23CC3)c2cc(OC(F)F)ccc12. The third-order valence-electron chi connectivity index (χ3n) is 4.83. The second kappa shape index (κ2) is 5.41. The highest BCUT2D eigenvalue weighted by Gasteiger charge is 2.53. The standard InChI is InChI=1S/C16H17F2N3O3/c17-14(18)24-9-3-4-10-11(8-9)21(15(22)20-13(10)19)12-2-1-7-23-16(12)5-6-16/h3-4,8,12,14H,1-2,5-7H2,(H2,19,20,22). The van der Waals surface area contributed by atoms with Gasteiger partial charge in [-0.25, -0.2) is 4.79 Å². The summed E-state index contributed by atoms with van der Waals surface area (Å²) in [5.41, 5.74) is 5.47. The molecule has 2 aromatic rings. The van der Waals surface area contributed by atoms with Gasteiger partial charge in [0.2, 0.25) is 0 Å². The van der Waals surface area contributed by atoms with Gasteiger partial charge in [0.05, 0.1) is 17.2 Å². The van der Waals surface area contributed by atoms with E-state index in [0.29, 0.717) is 17.5 Å². The largest absolute Gasteiger partial charge is 0.435 e. The number of benzene rings is 1. The van der Waals surface area contributed by atoms with E-state index in [2.05, 4.69) is 9.72 Å². The molecule has 24 heavy (non-hydrogen) atoms. The maximum Gasteiger partial charge on any atom is 0.387 e. The summed E-state index contributed by atoms with van der Waals surface area (Å²) >= 11 is 0. The maximum absolute atomic E-state index is 12.5. The molecule has 1 saturated carbocycles. The average molecular weight is 337 g/mol. The zero-order valence-electron chi connectivity index (χ0n) is 12.9. The van der Waals surface area contributed by atoms with Crippen LogP contribution in [0.1, 0.15) is 31.7 Å². The lowest BCUT2D eigenvalue weighted by Crippen LogP contribution is -2.40. The Morgan fingerprint density at radius 2 is 2.21 bits per heavy atom. The van der Waals surface area contributed by atoms with Crippen molar-refractivity contribution in [3.8, 4) is 5.75 Å². The molecule has 2 heterocycles. The lowest BCUT2D eigenvalue weighted by Gasteiger charge is -2.34. The molecule has 2 N–H and O–H groups in total. The van der Waals surface area contributed by atoms with E-state index in [1.807, 2.05) is 0 Å². The van der Waals surface area contributed by atoms with E-state index < -0.39 is 12.3 Å². The summed E-state index contributed by atoms with van der Waals surface area (Å²) in [7, 11) is 0. The van der Waals surface area contributed by atoms with Gasteiger partial charge in [-0.2, -0.15) is 13.8 Å². The van der Waals surface area contributed by atoms with Crippen molar-refractivity contribution in [3.05, 3.63) is 28.7 Å². The summed E-state index contributed by atoms with van der Waals surface area (Å²) in [4.78, 5) is 16.4. The van der Waals surface area contributed by atoms with Gasteiger partial charge in [0.1, 0.15) is 11.6 Å². The number of nitrogens with two attached hydrogens (primary N) is 1. The van der Waals surface area contributed by atoms with Gasteiger partial charge in [-0.3, -0.25) is 4.57 Å². The van der Waals surface area contributed by atoms with E-state index in [-0.39, 0.29) is 23.2 Å². The second-order valence-corrected chi connectivity index (χ2v) is 6.28. The van der Waals surface area contributed by atoms with Gasteiger partial charge >= 0.3 is 12.3 Å². The van der Waals surface area contributed by atoms with Crippen molar-refractivity contribution in [2.45, 2.75) is 43.9 Å². The van der Waals surface area contributed by atoms with Crippen LogP contribution in [0, 0.1) is 0 Å². The molecule has 1 unspecified atom stereocenters. The van der Waals surface area contributed by atoms with Gasteiger partial charge in [0, 0.05) is 18.1 Å². The molecule has 0 radical (unpaired) electrons. The van der Waals surface area contributed by atoms with Crippen LogP contribution in [0.3, 0.4) is 0 Å². The third-order valence-corrected chi connectivity index (χ3v) is 4.83. The summed E-state index contributed by atoms with van der Waals surface area (Å²) in [6, 6.07) is 4.20. The Kier molecular flexibility index (Phi) is 3.45. The van der Waals surface area contributed by atoms with Crippen LogP contribution < -0.4 is 16.2 Å². The Hall–Kier alpha value is -2.22. The van der Waals surface area contributed by atoms with Gasteiger partial charge in [-0.1, -0.05) is 0 Å². The minimum absolute atomic E-state index is 0.0159. The molecule has 2 fully saturated rings. The van der Waals surface area contributed by atoms with E-state index in [4.69, 9.17) is 10.5 Å². The zero-order chi connectivity index (χ0) is 16.9. The molecule has 4 rings (SSSR count). The second-order valence-electron chi connectivity index (χ2n) is 6.28. The minimum atomic E-state index is -2.94. The molecule has 1 aromatic carbocycles. The first-order chi connectivity index (χ1) is 11.5. The molecule has 2 aliphatic rings. The topological polar surface area (TPSA) is 79.4 Å². The summed E-state index contributed by atoms with van der Waals surface area (Å²) in [5, 5.41) is 0.539. The van der Waals surface area contributed by atoms with Crippen LogP contribution in [0.4, 0.5) is 14.6 Å². The van der Waals surface area contributed by atoms with Crippen molar-refractivity contribution in [2.75, 3.05) is 12.3 Å². The molecule has 0 bridgehead atoms. The van der Waals surface area contributed by atoms with Gasteiger partial charge < -0.3 is 15.2 Å². The zero-order valence-corrected chi connectivity index (χ0v) is 12.9. The normalized spacial score (nSPS) is 22.2. The first kappa shape index (κ1) is 15.3. The van der Waals surface area contributed by atoms with Crippen LogP contribution in [0.25, 0.3) is 10.9 Å². The number of anilines is 1. The van der Waals surface area contributed by atoms with Crippen LogP contribution in [0.2, 0.25) is 0 Å². The first-order valence-electron chi connectivity index (χ1n) is 7.91. The fraction of sp³-hybridized carbons (Fsp3) is 0.500. The Morgan fingerprint density at radius 3 is 2.92 bits per heavy atom. The summed E-state index contributed by atoms with van der Waals surface area (Å²) in [6.45, 7) is -2.26. The predicted molar refractivity (Wildman–Crippen MR) is 83.2 cm³/mol. The number of fused-ring (bicyclic) bond motifs is 1. The molecule has 1 spiro atoms. The molecule has 8 heteroatoms. The number of nitrogens with zero attached hydrogens (tertiary/aromatic N) is 2. The van der Waals surface area contributed by atoms with Crippen LogP contribution in [-0.4, -0.2) is 28.4 Å². The Labute approximate surface area is 136 Å². The van der Waals surface area contributed by atoms with E-state index >= 15 is 0 Å². The number of ether oxygens (including phenoxy) is 2. The summed E-state index contributed by atoms with van der Waals surface area (Å²) in [5.74, 6) is 0.0641. The Balaban J connectivity index is 1.91. The molecule has 0 amide bonds. The summed E-state index contributed by atoms with van der Waals surface area (Å²) in [6.07, 6.45) is 3.37. The van der Waals surface area contributed by atoms with Crippen molar-refractivity contribution >= 4 is 16.7 Å². The van der Waals surface area contributed by atoms with E-state index in [0.717, 1.165) is 25.7 Å². The molecule has 1 saturated heterocycles. The van der Waals surface area contributed by atoms with E-state index in [1.165, 1.54) is 16.7 Å². The smallest absolute Gasteiger partial charge is 0.387 e. The van der Waals surface area contributed by atoms with Crippen LogP contribution in [0.5, 0.6) is 5.75 Å². The molecule has 1 aromatic heterocycles. The number of aromatic nitrogens is 2. The van der Waals surface area contributed by atoms with Crippen molar-refractivity contribution in [2.24, 2.45) is 0 Å². The number of hydrogen-bond acceptors (Lipinski definition) is 5. The van der Waals surface area contributed by atoms with E-state index in [1.54, 1.807) is 6.07 Å². The molecular weight excluding hydrogens is 320 g/mol. The van der Waals surface area contributed by atoms with Gasteiger partial charge in [-0.15, -0.1) is 0 Å². The molecular formula is C16H17F2N3O3. The summed E-state index contributed by atoms with van der Waals surface area (Å²) < 4.78 is 37.0. The van der Waals surface area contributed by atoms with Crippen LogP contribution >= 0.6 is 0 Å². The number of halogens is 2. The van der Waals surface area contributed by atoms with Gasteiger partial charge in [-0.05, 0) is 37.8 Å². The highest BCUT2D eigenvalue weighted by atomic mass is 19.3. The van der Waals surface area contributed by atoms with Gasteiger partial charge in [0.25, 0.3) is 0 Å². The fourth-order valence-electron chi connectivity index (χ4n) is 3.60. The third kappa shape index (κ3) is 2.41. The highest BCUT2D eigenvalue weighted by molar-refractivity contribution is 5.89. The quantitative estimate of drug-likeness (QED) is 0.931. The monoisotopic (exact) mass is 337 g/mol. The number of alkyl halides is 2. The lowest BCUT2D eigenvalue weighted by atomic mass is 9.99. The van der Waals surface area contributed by atoms with Crippen LogP contribution in [0.15, 0.2) is 23.0 Å².